The second-order valence-corrected chi connectivity index (χ2v) is 11.8. The smallest absolute Gasteiger partial charge is 0.247 e. The van der Waals surface area contributed by atoms with Crippen LogP contribution >= 0.6 is 11.8 Å². The van der Waals surface area contributed by atoms with Gasteiger partial charge in [-0.05, 0) is 12.8 Å². The van der Waals surface area contributed by atoms with Crippen LogP contribution in [0.5, 0.6) is 0 Å². The molecule has 198 valence electrons. The van der Waals surface area contributed by atoms with Gasteiger partial charge in [0.2, 0.25) is 17.7 Å². The third kappa shape index (κ3) is 4.40. The van der Waals surface area contributed by atoms with E-state index in [9.17, 15) is 19.5 Å². The number of nitrogens with zero attached hydrogens (tertiary/aromatic N) is 4. The molecular formula is C26H38N4O5S. The molecule has 36 heavy (non-hydrogen) atoms. The first-order valence-electron chi connectivity index (χ1n) is 13.3. The normalized spacial score (nSPS) is 34.6. The Balaban J connectivity index is 1.46. The van der Waals surface area contributed by atoms with Gasteiger partial charge in [0.1, 0.15) is 6.04 Å². The highest BCUT2D eigenvalue weighted by atomic mass is 32.2. The van der Waals surface area contributed by atoms with Gasteiger partial charge in [-0.25, -0.2) is 0 Å². The molecule has 3 fully saturated rings. The van der Waals surface area contributed by atoms with Gasteiger partial charge in [-0.1, -0.05) is 31.2 Å². The molecule has 0 aliphatic carbocycles. The molecular weight excluding hydrogens is 480 g/mol. The lowest BCUT2D eigenvalue weighted by Crippen LogP contribution is -2.54. The summed E-state index contributed by atoms with van der Waals surface area (Å²) < 4.78 is 4.67. The monoisotopic (exact) mass is 518 g/mol. The standard InChI is InChI=1S/C26H38N4O5S/c1-2-8-28-9-3-6-19-20(23(28)32)21-24(33)30(11-5-16-31)22-25(34)29(10-4-7-26(21,22)36-19)13-12-27-14-17-35-18-15-27/h3-4,6-7,19-22,31H,2,5,8-18H2,1H3/t19-,20+,21+,22?,26+/m1/s1. The van der Waals surface area contributed by atoms with Gasteiger partial charge >= 0.3 is 0 Å². The summed E-state index contributed by atoms with van der Waals surface area (Å²) in [6.07, 6.45) is 9.49. The second-order valence-electron chi connectivity index (χ2n) is 10.3. The van der Waals surface area contributed by atoms with Crippen molar-refractivity contribution in [2.45, 2.75) is 35.8 Å². The van der Waals surface area contributed by atoms with Gasteiger partial charge in [0.15, 0.2) is 0 Å². The minimum atomic E-state index is -0.776. The number of hydrogen-bond donors (Lipinski definition) is 1. The van der Waals surface area contributed by atoms with E-state index in [1.54, 1.807) is 16.7 Å². The SMILES string of the molecule is CCCN1CC=C[C@H]2S[C@]34C=CCN(CCN5CCOCC5)C(=O)C3N(CCCO)C(=O)[C@@H]4[C@H]2C1=O. The fourth-order valence-corrected chi connectivity index (χ4v) is 8.48. The molecule has 5 aliphatic heterocycles. The number of ether oxygens (including phenoxy) is 1. The Morgan fingerprint density at radius 1 is 1.00 bits per heavy atom. The number of aliphatic hydroxyl groups excluding tert-OH is 1. The molecule has 9 nitrogen and oxygen atoms in total. The van der Waals surface area contributed by atoms with E-state index in [4.69, 9.17) is 4.74 Å². The van der Waals surface area contributed by atoms with Crippen molar-refractivity contribution < 1.29 is 24.2 Å². The van der Waals surface area contributed by atoms with Gasteiger partial charge < -0.3 is 24.5 Å². The van der Waals surface area contributed by atoms with E-state index >= 15 is 0 Å². The molecule has 0 aromatic heterocycles. The van der Waals surface area contributed by atoms with Crippen LogP contribution in [-0.2, 0) is 19.1 Å². The van der Waals surface area contributed by atoms with Gasteiger partial charge in [0, 0.05) is 64.2 Å². The molecule has 5 aliphatic rings. The first-order valence-corrected chi connectivity index (χ1v) is 14.2. The molecule has 0 bridgehead atoms. The molecule has 1 unspecified atom stereocenters. The summed E-state index contributed by atoms with van der Waals surface area (Å²) in [7, 11) is 0. The number of morpholine rings is 1. The zero-order chi connectivity index (χ0) is 25.3. The van der Waals surface area contributed by atoms with E-state index in [2.05, 4.69) is 24.0 Å². The molecule has 1 spiro atoms. The van der Waals surface area contributed by atoms with Crippen LogP contribution in [0.3, 0.4) is 0 Å². The highest BCUT2D eigenvalue weighted by Gasteiger charge is 2.70. The fourth-order valence-electron chi connectivity index (χ4n) is 6.48. The number of thioether (sulfide) groups is 1. The Labute approximate surface area is 217 Å². The molecule has 0 aromatic rings. The maximum atomic E-state index is 14.1. The van der Waals surface area contributed by atoms with E-state index < -0.39 is 22.6 Å². The summed E-state index contributed by atoms with van der Waals surface area (Å²) in [4.78, 5) is 49.6. The third-order valence-electron chi connectivity index (χ3n) is 8.17. The molecule has 10 heteroatoms. The van der Waals surface area contributed by atoms with Gasteiger partial charge in [0.25, 0.3) is 0 Å². The molecule has 5 heterocycles. The predicted octanol–water partition coefficient (Wildman–Crippen LogP) is 0.205. The average Bonchev–Trinajstić information content (AvgIpc) is 3.20. The Morgan fingerprint density at radius 2 is 1.75 bits per heavy atom. The summed E-state index contributed by atoms with van der Waals surface area (Å²) >= 11 is 1.62. The molecule has 5 rings (SSSR count). The van der Waals surface area contributed by atoms with E-state index in [0.717, 1.165) is 26.1 Å². The topological polar surface area (TPSA) is 93.6 Å². The quantitative estimate of drug-likeness (QED) is 0.459. The first kappa shape index (κ1) is 25.8. The van der Waals surface area contributed by atoms with Crippen LogP contribution in [0.2, 0.25) is 0 Å². The lowest BCUT2D eigenvalue weighted by Gasteiger charge is -2.36. The summed E-state index contributed by atoms with van der Waals surface area (Å²) in [6, 6.07) is -0.664. The lowest BCUT2D eigenvalue weighted by atomic mass is 9.78. The van der Waals surface area contributed by atoms with Crippen molar-refractivity contribution in [3.05, 3.63) is 24.3 Å². The summed E-state index contributed by atoms with van der Waals surface area (Å²) in [5.41, 5.74) is 0. The number of likely N-dealkylation sites (tertiary alicyclic amines) is 1. The highest BCUT2D eigenvalue weighted by Crippen LogP contribution is 2.61. The second kappa shape index (κ2) is 10.8. The van der Waals surface area contributed by atoms with Crippen molar-refractivity contribution in [2.75, 3.05) is 72.2 Å². The highest BCUT2D eigenvalue weighted by molar-refractivity contribution is 8.02. The van der Waals surface area contributed by atoms with Crippen LogP contribution in [0.15, 0.2) is 24.3 Å². The Kier molecular flexibility index (Phi) is 7.76. The fraction of sp³-hybridized carbons (Fsp3) is 0.731. The molecule has 1 N–H and O–H groups in total. The maximum absolute atomic E-state index is 14.1. The number of fused-ring (bicyclic) bond motifs is 2. The van der Waals surface area contributed by atoms with Crippen LogP contribution in [0.25, 0.3) is 0 Å². The molecule has 3 saturated heterocycles. The van der Waals surface area contributed by atoms with Crippen molar-refractivity contribution in [3.8, 4) is 0 Å². The lowest BCUT2D eigenvalue weighted by molar-refractivity contribution is -0.144. The van der Waals surface area contributed by atoms with Crippen LogP contribution in [0.4, 0.5) is 0 Å². The van der Waals surface area contributed by atoms with E-state index in [0.29, 0.717) is 52.4 Å². The van der Waals surface area contributed by atoms with Crippen molar-refractivity contribution in [1.82, 2.24) is 19.6 Å². The minimum absolute atomic E-state index is 0.0200. The summed E-state index contributed by atoms with van der Waals surface area (Å²) in [5, 5.41) is 9.40. The molecule has 0 aromatic carbocycles. The van der Waals surface area contributed by atoms with Crippen LogP contribution in [-0.4, -0.2) is 131 Å². The number of amides is 3. The number of hydrogen-bond acceptors (Lipinski definition) is 7. The van der Waals surface area contributed by atoms with Crippen molar-refractivity contribution >= 4 is 29.5 Å². The Bertz CT molecular complexity index is 922. The Morgan fingerprint density at radius 3 is 2.50 bits per heavy atom. The summed E-state index contributed by atoms with van der Waals surface area (Å²) in [5.74, 6) is -1.21. The average molecular weight is 519 g/mol. The maximum Gasteiger partial charge on any atom is 0.247 e. The zero-order valence-corrected chi connectivity index (χ0v) is 21.9. The van der Waals surface area contributed by atoms with E-state index in [1.807, 2.05) is 22.0 Å². The van der Waals surface area contributed by atoms with Crippen LogP contribution in [0, 0.1) is 11.8 Å². The summed E-state index contributed by atoms with van der Waals surface area (Å²) in [6.45, 7) is 8.52. The number of aliphatic hydroxyl groups is 1. The number of carbonyl (C=O) groups excluding carboxylic acids is 3. The Hall–Kier alpha value is -1.88. The molecule has 0 saturated carbocycles. The minimum Gasteiger partial charge on any atom is -0.396 e. The van der Waals surface area contributed by atoms with Gasteiger partial charge in [-0.15, -0.1) is 11.8 Å². The largest absolute Gasteiger partial charge is 0.396 e. The van der Waals surface area contributed by atoms with Crippen molar-refractivity contribution in [3.63, 3.8) is 0 Å². The van der Waals surface area contributed by atoms with Crippen LogP contribution < -0.4 is 0 Å². The molecule has 5 atom stereocenters. The zero-order valence-electron chi connectivity index (χ0n) is 21.1. The van der Waals surface area contributed by atoms with Gasteiger partial charge in [-0.2, -0.15) is 0 Å². The predicted molar refractivity (Wildman–Crippen MR) is 137 cm³/mol. The first-order chi connectivity index (χ1) is 17.5. The van der Waals surface area contributed by atoms with Crippen molar-refractivity contribution in [2.24, 2.45) is 11.8 Å². The van der Waals surface area contributed by atoms with E-state index in [-0.39, 0.29) is 29.6 Å². The third-order valence-corrected chi connectivity index (χ3v) is 9.91. The van der Waals surface area contributed by atoms with Crippen LogP contribution in [0.1, 0.15) is 19.8 Å². The molecule has 0 radical (unpaired) electrons. The van der Waals surface area contributed by atoms with E-state index in [1.165, 1.54) is 0 Å². The van der Waals surface area contributed by atoms with Gasteiger partial charge in [0.05, 0.1) is 29.8 Å². The van der Waals surface area contributed by atoms with Crippen molar-refractivity contribution in [1.29, 1.82) is 0 Å². The number of rotatable bonds is 8. The number of carbonyl (C=O) groups is 3. The molecule has 3 amide bonds. The van der Waals surface area contributed by atoms with Gasteiger partial charge in [-0.3, -0.25) is 19.3 Å².